The van der Waals surface area contributed by atoms with Crippen molar-refractivity contribution in [3.8, 4) is 10.6 Å². The summed E-state index contributed by atoms with van der Waals surface area (Å²) in [5.74, 6) is 0. The second kappa shape index (κ2) is 3.14. The maximum Gasteiger partial charge on any atom is 0.0822 e. The molecule has 2 aromatic heterocycles. The van der Waals surface area contributed by atoms with Gasteiger partial charge in [-0.1, -0.05) is 0 Å². The minimum Gasteiger partial charge on any atom is -0.397 e. The lowest BCUT2D eigenvalue weighted by Gasteiger charge is -1.97. The average molecular weight is 191 g/mol. The Labute approximate surface area is 80.3 Å². The van der Waals surface area contributed by atoms with Crippen LogP contribution in [0.25, 0.3) is 10.6 Å². The zero-order valence-corrected chi connectivity index (χ0v) is 8.01. The van der Waals surface area contributed by atoms with Crippen molar-refractivity contribution in [2.75, 3.05) is 5.73 Å². The van der Waals surface area contributed by atoms with Crippen LogP contribution in [-0.2, 0) is 0 Å². The Balaban J connectivity index is 2.47. The first-order chi connectivity index (χ1) is 6.27. The van der Waals surface area contributed by atoms with Crippen molar-refractivity contribution in [3.63, 3.8) is 0 Å². The molecule has 0 amide bonds. The van der Waals surface area contributed by atoms with E-state index in [0.29, 0.717) is 5.69 Å². The molecule has 0 aromatic carbocycles. The zero-order valence-electron chi connectivity index (χ0n) is 7.19. The minimum atomic E-state index is 0.686. The molecule has 0 saturated heterocycles. The number of thiazole rings is 1. The molecule has 13 heavy (non-hydrogen) atoms. The molecule has 0 spiro atoms. The molecule has 3 nitrogen and oxygen atoms in total. The van der Waals surface area contributed by atoms with Crippen molar-refractivity contribution >= 4 is 17.0 Å². The van der Waals surface area contributed by atoms with Crippen molar-refractivity contribution in [2.24, 2.45) is 0 Å². The Kier molecular flexibility index (Phi) is 1.98. The molecule has 2 aromatic rings. The Morgan fingerprint density at radius 3 is 2.69 bits per heavy atom. The van der Waals surface area contributed by atoms with Gasteiger partial charge in [0.05, 0.1) is 33.7 Å². The Morgan fingerprint density at radius 2 is 2.15 bits per heavy atom. The van der Waals surface area contributed by atoms with Crippen LogP contribution < -0.4 is 5.73 Å². The maximum atomic E-state index is 5.54. The molecule has 0 bridgehead atoms. The van der Waals surface area contributed by atoms with Crippen molar-refractivity contribution in [3.05, 3.63) is 29.5 Å². The Morgan fingerprint density at radius 1 is 1.31 bits per heavy atom. The van der Waals surface area contributed by atoms with Crippen molar-refractivity contribution in [1.29, 1.82) is 0 Å². The standard InChI is InChI=1S/C9H9N3S/c1-6-9(13-5-12-6)8-3-2-7(10)4-11-8/h2-5H,10H2,1H3. The van der Waals surface area contributed by atoms with Gasteiger partial charge in [0.25, 0.3) is 0 Å². The number of hydrogen-bond donors (Lipinski definition) is 1. The number of pyridine rings is 1. The van der Waals surface area contributed by atoms with E-state index >= 15 is 0 Å². The van der Waals surface area contributed by atoms with E-state index in [1.165, 1.54) is 0 Å². The van der Waals surface area contributed by atoms with E-state index in [4.69, 9.17) is 5.73 Å². The van der Waals surface area contributed by atoms with Gasteiger partial charge in [0.15, 0.2) is 0 Å². The van der Waals surface area contributed by atoms with Gasteiger partial charge >= 0.3 is 0 Å². The van der Waals surface area contributed by atoms with Crippen LogP contribution in [0.2, 0.25) is 0 Å². The van der Waals surface area contributed by atoms with Gasteiger partial charge in [-0.25, -0.2) is 4.98 Å². The number of aromatic nitrogens is 2. The summed E-state index contributed by atoms with van der Waals surface area (Å²) in [5, 5.41) is 0. The number of anilines is 1. The predicted molar refractivity (Wildman–Crippen MR) is 54.5 cm³/mol. The quantitative estimate of drug-likeness (QED) is 0.751. The van der Waals surface area contributed by atoms with Crippen molar-refractivity contribution in [2.45, 2.75) is 6.92 Å². The zero-order chi connectivity index (χ0) is 9.26. The van der Waals surface area contributed by atoms with Crippen LogP contribution in [0.4, 0.5) is 5.69 Å². The van der Waals surface area contributed by atoms with Crippen LogP contribution in [0, 0.1) is 6.92 Å². The van der Waals surface area contributed by atoms with Crippen LogP contribution in [0.5, 0.6) is 0 Å². The summed E-state index contributed by atoms with van der Waals surface area (Å²) in [6, 6.07) is 3.76. The Hall–Kier alpha value is -1.42. The van der Waals surface area contributed by atoms with Gasteiger partial charge in [-0.15, -0.1) is 11.3 Å². The third-order valence-electron chi connectivity index (χ3n) is 1.76. The molecule has 0 fully saturated rings. The molecular weight excluding hydrogens is 182 g/mol. The molecule has 4 heteroatoms. The van der Waals surface area contributed by atoms with Crippen molar-refractivity contribution in [1.82, 2.24) is 9.97 Å². The molecular formula is C9H9N3S. The number of aryl methyl sites for hydroxylation is 1. The monoisotopic (exact) mass is 191 g/mol. The topological polar surface area (TPSA) is 51.8 Å². The third kappa shape index (κ3) is 1.53. The van der Waals surface area contributed by atoms with Gasteiger partial charge in [-0.3, -0.25) is 4.98 Å². The summed E-state index contributed by atoms with van der Waals surface area (Å²) in [7, 11) is 0. The second-order valence-corrected chi connectivity index (χ2v) is 3.60. The minimum absolute atomic E-state index is 0.686. The summed E-state index contributed by atoms with van der Waals surface area (Å²) >= 11 is 1.59. The first kappa shape index (κ1) is 8.19. The van der Waals surface area contributed by atoms with Crippen LogP contribution in [0.15, 0.2) is 23.8 Å². The summed E-state index contributed by atoms with van der Waals surface area (Å²) in [6.45, 7) is 1.98. The molecule has 0 aliphatic heterocycles. The van der Waals surface area contributed by atoms with E-state index in [2.05, 4.69) is 9.97 Å². The number of nitrogen functional groups attached to an aromatic ring is 1. The predicted octanol–water partition coefficient (Wildman–Crippen LogP) is 2.10. The lowest BCUT2D eigenvalue weighted by molar-refractivity contribution is 1.25. The summed E-state index contributed by atoms with van der Waals surface area (Å²) in [5.41, 5.74) is 10.0. The molecule has 0 saturated carbocycles. The highest BCUT2D eigenvalue weighted by atomic mass is 32.1. The van der Waals surface area contributed by atoms with Gasteiger partial charge in [-0.05, 0) is 19.1 Å². The highest BCUT2D eigenvalue weighted by molar-refractivity contribution is 7.13. The van der Waals surface area contributed by atoms with Crippen LogP contribution in [0.3, 0.4) is 0 Å². The Bertz CT molecular complexity index is 405. The van der Waals surface area contributed by atoms with Gasteiger partial charge < -0.3 is 5.73 Å². The fourth-order valence-corrected chi connectivity index (χ4v) is 1.87. The number of nitrogens with zero attached hydrogens (tertiary/aromatic N) is 2. The van der Waals surface area contributed by atoms with Gasteiger partial charge in [0, 0.05) is 0 Å². The van der Waals surface area contributed by atoms with Crippen molar-refractivity contribution < 1.29 is 0 Å². The molecule has 2 N–H and O–H groups in total. The highest BCUT2D eigenvalue weighted by Gasteiger charge is 2.04. The first-order valence-corrected chi connectivity index (χ1v) is 4.77. The van der Waals surface area contributed by atoms with Gasteiger partial charge in [-0.2, -0.15) is 0 Å². The summed E-state index contributed by atoms with van der Waals surface area (Å²) in [4.78, 5) is 9.50. The van der Waals surface area contributed by atoms with Gasteiger partial charge in [0.1, 0.15) is 0 Å². The first-order valence-electron chi connectivity index (χ1n) is 3.89. The highest BCUT2D eigenvalue weighted by Crippen LogP contribution is 2.25. The number of rotatable bonds is 1. The smallest absolute Gasteiger partial charge is 0.0822 e. The lowest BCUT2D eigenvalue weighted by Crippen LogP contribution is -1.87. The van der Waals surface area contributed by atoms with Crippen LogP contribution in [0.1, 0.15) is 5.69 Å². The van der Waals surface area contributed by atoms with E-state index < -0.39 is 0 Å². The fraction of sp³-hybridized carbons (Fsp3) is 0.111. The molecule has 0 unspecified atom stereocenters. The van der Waals surface area contributed by atoms with E-state index in [-0.39, 0.29) is 0 Å². The molecule has 2 heterocycles. The third-order valence-corrected chi connectivity index (χ3v) is 2.72. The molecule has 0 aliphatic rings. The molecule has 0 atom stereocenters. The number of hydrogen-bond acceptors (Lipinski definition) is 4. The SMILES string of the molecule is Cc1ncsc1-c1ccc(N)cn1. The maximum absolute atomic E-state index is 5.54. The van der Waals surface area contributed by atoms with E-state index in [9.17, 15) is 0 Å². The lowest BCUT2D eigenvalue weighted by atomic mass is 10.2. The van der Waals surface area contributed by atoms with E-state index in [1.54, 1.807) is 17.5 Å². The average Bonchev–Trinajstić information content (AvgIpc) is 2.53. The van der Waals surface area contributed by atoms with E-state index in [1.807, 2.05) is 24.6 Å². The normalized spacial score (nSPS) is 10.2. The van der Waals surface area contributed by atoms with E-state index in [0.717, 1.165) is 16.3 Å². The fourth-order valence-electron chi connectivity index (χ4n) is 1.09. The molecule has 2 rings (SSSR count). The van der Waals surface area contributed by atoms with Crippen LogP contribution >= 0.6 is 11.3 Å². The summed E-state index contributed by atoms with van der Waals surface area (Å²) in [6.07, 6.45) is 1.66. The summed E-state index contributed by atoms with van der Waals surface area (Å²) < 4.78 is 0. The largest absolute Gasteiger partial charge is 0.397 e. The molecule has 66 valence electrons. The number of nitrogens with two attached hydrogens (primary N) is 1. The second-order valence-electron chi connectivity index (χ2n) is 2.74. The molecule has 0 aliphatic carbocycles. The van der Waals surface area contributed by atoms with Gasteiger partial charge in [0.2, 0.25) is 0 Å². The van der Waals surface area contributed by atoms with Crippen LogP contribution in [-0.4, -0.2) is 9.97 Å². The molecule has 0 radical (unpaired) electrons.